The number of H-pyrrole nitrogens is 1. The fourth-order valence-electron chi connectivity index (χ4n) is 3.13. The Morgan fingerprint density at radius 1 is 1.19 bits per heavy atom. The number of aromatic nitrogens is 1. The molecule has 1 aromatic heterocycles. The Labute approximate surface area is 193 Å². The van der Waals surface area contributed by atoms with Gasteiger partial charge in [-0.15, -0.1) is 0 Å². The molecule has 0 unspecified atom stereocenters. The lowest BCUT2D eigenvalue weighted by Gasteiger charge is -2.08. The maximum Gasteiger partial charge on any atom is 0.355 e. The van der Waals surface area contributed by atoms with Crippen molar-refractivity contribution < 1.29 is 27.9 Å². The predicted molar refractivity (Wildman–Crippen MR) is 125 cm³/mol. The highest BCUT2D eigenvalue weighted by molar-refractivity contribution is 7.92. The zero-order valence-electron chi connectivity index (χ0n) is 16.9. The van der Waals surface area contributed by atoms with Crippen molar-refractivity contribution in [2.75, 3.05) is 17.6 Å². The van der Waals surface area contributed by atoms with Gasteiger partial charge in [0.25, 0.3) is 0 Å². The lowest BCUT2D eigenvalue weighted by molar-refractivity contribution is -0.130. The number of nitrogens with one attached hydrogen (secondary N) is 2. The number of aromatic amines is 1. The highest BCUT2D eigenvalue weighted by Gasteiger charge is 2.22. The molecule has 0 spiro atoms. The molecule has 0 amide bonds. The van der Waals surface area contributed by atoms with Gasteiger partial charge in [0.1, 0.15) is 5.69 Å². The Morgan fingerprint density at radius 2 is 1.84 bits per heavy atom. The van der Waals surface area contributed by atoms with Gasteiger partial charge in [-0.2, -0.15) is 0 Å². The number of carboxylic acids is 1. The third-order valence-corrected chi connectivity index (χ3v) is 5.47. The van der Waals surface area contributed by atoms with Crippen molar-refractivity contribution in [2.45, 2.75) is 6.92 Å². The molecule has 0 bridgehead atoms. The van der Waals surface area contributed by atoms with Crippen molar-refractivity contribution in [3.8, 4) is 0 Å². The van der Waals surface area contributed by atoms with Crippen LogP contribution in [0.5, 0.6) is 0 Å². The van der Waals surface area contributed by atoms with E-state index in [9.17, 15) is 23.1 Å². The zero-order valence-corrected chi connectivity index (χ0v) is 19.2. The molecule has 0 atom stereocenters. The van der Waals surface area contributed by atoms with Crippen LogP contribution in [0, 0.1) is 0 Å². The van der Waals surface area contributed by atoms with Crippen molar-refractivity contribution in [1.29, 1.82) is 0 Å². The first kappa shape index (κ1) is 23.6. The van der Waals surface area contributed by atoms with Gasteiger partial charge in [-0.1, -0.05) is 35.3 Å². The predicted octanol–water partition coefficient (Wildman–Crippen LogP) is 4.65. The fraction of sp³-hybridized carbons (Fsp3) is 0.143. The van der Waals surface area contributed by atoms with Gasteiger partial charge in [0, 0.05) is 27.2 Å². The van der Waals surface area contributed by atoms with Crippen molar-refractivity contribution in [3.63, 3.8) is 0 Å². The Kier molecular flexibility index (Phi) is 6.82. The number of carbonyl (C=O) groups is 2. The monoisotopic (exact) mass is 496 g/mol. The molecule has 0 aliphatic rings. The Hall–Kier alpha value is -3.01. The van der Waals surface area contributed by atoms with Gasteiger partial charge < -0.3 is 14.8 Å². The summed E-state index contributed by atoms with van der Waals surface area (Å²) < 4.78 is 30.2. The number of halogens is 2. The summed E-state index contributed by atoms with van der Waals surface area (Å²) in [7, 11) is -3.48. The van der Waals surface area contributed by atoms with Crippen LogP contribution in [0.2, 0.25) is 10.0 Å². The number of hydrogen-bond donors (Lipinski definition) is 3. The molecule has 1 heterocycles. The van der Waals surface area contributed by atoms with Gasteiger partial charge in [0.15, 0.2) is 0 Å². The number of carbonyl (C=O) groups excluding carboxylic acids is 1. The standard InChI is InChI=1S/C21H18Cl2N2O6S/c1-3-31-21(28)19-15(18-16(23)8-12(22)9-17(18)24-19)10-14(20(26)27)11-4-6-13(7-5-11)25-32(2,29)30/h4-10,24-25H,3H2,1-2H3,(H,26,27). The van der Waals surface area contributed by atoms with E-state index in [4.69, 9.17) is 27.9 Å². The molecule has 2 aromatic carbocycles. The molecule has 0 radical (unpaired) electrons. The summed E-state index contributed by atoms with van der Waals surface area (Å²) in [5.74, 6) is -1.94. The SMILES string of the molecule is CCOC(=O)c1[nH]c2cc(Cl)cc(Cl)c2c1C=C(C(=O)O)c1ccc(NS(C)(=O)=O)cc1. The van der Waals surface area contributed by atoms with Gasteiger partial charge in [-0.25, -0.2) is 18.0 Å². The van der Waals surface area contributed by atoms with E-state index in [1.165, 1.54) is 36.4 Å². The average Bonchev–Trinajstić information content (AvgIpc) is 3.04. The number of ether oxygens (including phenoxy) is 1. The maximum absolute atomic E-state index is 12.5. The number of anilines is 1. The molecule has 0 saturated carbocycles. The lowest BCUT2D eigenvalue weighted by atomic mass is 10.0. The van der Waals surface area contributed by atoms with Gasteiger partial charge >= 0.3 is 11.9 Å². The molecule has 3 N–H and O–H groups in total. The molecule has 32 heavy (non-hydrogen) atoms. The topological polar surface area (TPSA) is 126 Å². The van der Waals surface area contributed by atoms with Crippen LogP contribution < -0.4 is 4.72 Å². The van der Waals surface area contributed by atoms with Crippen LogP contribution in [0.1, 0.15) is 28.5 Å². The molecule has 168 valence electrons. The van der Waals surface area contributed by atoms with E-state index in [0.29, 0.717) is 15.9 Å². The van der Waals surface area contributed by atoms with Crippen molar-refractivity contribution >= 4 is 73.4 Å². The minimum Gasteiger partial charge on any atom is -0.478 e. The van der Waals surface area contributed by atoms with Crippen LogP contribution >= 0.6 is 23.2 Å². The number of aliphatic carboxylic acids is 1. The molecule has 0 fully saturated rings. The van der Waals surface area contributed by atoms with E-state index < -0.39 is 22.0 Å². The number of benzene rings is 2. The van der Waals surface area contributed by atoms with Gasteiger partial charge in [0.2, 0.25) is 10.0 Å². The summed E-state index contributed by atoms with van der Waals surface area (Å²) in [5, 5.41) is 10.8. The van der Waals surface area contributed by atoms with Crippen molar-refractivity contribution in [2.24, 2.45) is 0 Å². The highest BCUT2D eigenvalue weighted by Crippen LogP contribution is 2.35. The van der Waals surface area contributed by atoms with E-state index in [1.54, 1.807) is 13.0 Å². The number of esters is 1. The summed E-state index contributed by atoms with van der Waals surface area (Å²) >= 11 is 12.4. The average molecular weight is 497 g/mol. The number of hydrogen-bond acceptors (Lipinski definition) is 5. The molecule has 0 aliphatic heterocycles. The zero-order chi connectivity index (χ0) is 23.6. The first-order chi connectivity index (χ1) is 15.0. The summed E-state index contributed by atoms with van der Waals surface area (Å²) in [6.07, 6.45) is 2.32. The Balaban J connectivity index is 2.20. The maximum atomic E-state index is 12.5. The summed E-state index contributed by atoms with van der Waals surface area (Å²) in [4.78, 5) is 27.5. The molecule has 3 rings (SSSR count). The quantitative estimate of drug-likeness (QED) is 0.322. The van der Waals surface area contributed by atoms with Crippen molar-refractivity contribution in [1.82, 2.24) is 4.98 Å². The fourth-order valence-corrected chi connectivity index (χ4v) is 4.29. The number of carboxylic acid groups (broad SMARTS) is 1. The number of sulfonamides is 1. The molecule has 8 nitrogen and oxygen atoms in total. The number of rotatable bonds is 7. The van der Waals surface area contributed by atoms with Gasteiger partial charge in [-0.3, -0.25) is 4.72 Å². The third-order valence-electron chi connectivity index (χ3n) is 4.35. The van der Waals surface area contributed by atoms with Crippen LogP contribution in [-0.4, -0.2) is 43.3 Å². The largest absolute Gasteiger partial charge is 0.478 e. The van der Waals surface area contributed by atoms with E-state index in [0.717, 1.165) is 6.26 Å². The van der Waals surface area contributed by atoms with E-state index in [1.807, 2.05) is 0 Å². The molecular formula is C21H18Cl2N2O6S. The Bertz CT molecular complexity index is 1340. The summed E-state index contributed by atoms with van der Waals surface area (Å²) in [6.45, 7) is 1.76. The minimum atomic E-state index is -3.48. The summed E-state index contributed by atoms with van der Waals surface area (Å²) in [6, 6.07) is 8.81. The normalized spacial score (nSPS) is 12.1. The lowest BCUT2D eigenvalue weighted by Crippen LogP contribution is -2.09. The van der Waals surface area contributed by atoms with Gasteiger partial charge in [-0.05, 0) is 42.8 Å². The van der Waals surface area contributed by atoms with Crippen molar-refractivity contribution in [3.05, 3.63) is 63.3 Å². The molecule has 0 aliphatic carbocycles. The van der Waals surface area contributed by atoms with Gasteiger partial charge in [0.05, 0.1) is 23.5 Å². The highest BCUT2D eigenvalue weighted by atomic mass is 35.5. The first-order valence-corrected chi connectivity index (χ1v) is 11.9. The van der Waals surface area contributed by atoms with E-state index in [-0.39, 0.29) is 39.7 Å². The molecule has 3 aromatic rings. The number of fused-ring (bicyclic) bond motifs is 1. The molecular weight excluding hydrogens is 479 g/mol. The third kappa shape index (κ3) is 5.24. The van der Waals surface area contributed by atoms with E-state index in [2.05, 4.69) is 9.71 Å². The molecule has 11 heteroatoms. The van der Waals surface area contributed by atoms with Crippen LogP contribution in [0.15, 0.2) is 36.4 Å². The minimum absolute atomic E-state index is 0.0279. The van der Waals surface area contributed by atoms with Crippen LogP contribution in [0.4, 0.5) is 5.69 Å². The van der Waals surface area contributed by atoms with Crippen LogP contribution in [0.3, 0.4) is 0 Å². The Morgan fingerprint density at radius 3 is 2.41 bits per heavy atom. The summed E-state index contributed by atoms with van der Waals surface area (Å²) in [5.41, 5.74) is 1.11. The van der Waals surface area contributed by atoms with Crippen LogP contribution in [0.25, 0.3) is 22.6 Å². The van der Waals surface area contributed by atoms with Crippen LogP contribution in [-0.2, 0) is 19.6 Å². The van der Waals surface area contributed by atoms with E-state index >= 15 is 0 Å². The smallest absolute Gasteiger partial charge is 0.355 e. The molecule has 0 saturated heterocycles. The first-order valence-electron chi connectivity index (χ1n) is 9.21. The second kappa shape index (κ2) is 9.23. The second-order valence-corrected chi connectivity index (χ2v) is 9.35. The second-order valence-electron chi connectivity index (χ2n) is 6.76.